The van der Waals surface area contributed by atoms with E-state index in [1.807, 2.05) is 0 Å². The van der Waals surface area contributed by atoms with Crippen molar-refractivity contribution >= 4 is 40.6 Å². The van der Waals surface area contributed by atoms with Crippen molar-refractivity contribution in [2.24, 2.45) is 17.6 Å². The number of benzene rings is 1. The van der Waals surface area contributed by atoms with E-state index in [-0.39, 0.29) is 36.3 Å². The Morgan fingerprint density at radius 3 is 2.37 bits per heavy atom. The Morgan fingerprint density at radius 1 is 1.20 bits per heavy atom. The highest BCUT2D eigenvalue weighted by Crippen LogP contribution is 2.54. The topological polar surface area (TPSA) is 203 Å². The molecule has 3 aliphatic rings. The number of anilines is 2. The zero-order valence-corrected chi connectivity index (χ0v) is 23.8. The molecule has 5 atom stereocenters. The number of aliphatic hydroxyl groups is 3. The van der Waals surface area contributed by atoms with Crippen LogP contribution in [0.2, 0.25) is 0 Å². The summed E-state index contributed by atoms with van der Waals surface area (Å²) >= 11 is 0. The SMILES string of the molecule is CCOC(=O)C(C)Nc1cc(N(C)C)c2c(c1O)C(O)=C1C(=O)[C@@]3(O)C(O)=C(C(N)=O)C(=O)[C@@H](N(C)C)[C@H]3C[C@H]1C2. The number of carbonyl (C=O) groups excluding carboxylic acids is 4. The van der Waals surface area contributed by atoms with Crippen LogP contribution in [-0.2, 0) is 30.3 Å². The van der Waals surface area contributed by atoms with Gasteiger partial charge in [-0.05, 0) is 58.3 Å². The lowest BCUT2D eigenvalue weighted by Gasteiger charge is -2.50. The van der Waals surface area contributed by atoms with E-state index in [4.69, 9.17) is 10.5 Å². The summed E-state index contributed by atoms with van der Waals surface area (Å²) in [6, 6.07) is -0.413. The predicted molar refractivity (Wildman–Crippen MR) is 148 cm³/mol. The third-order valence-electron chi connectivity index (χ3n) is 8.19. The van der Waals surface area contributed by atoms with E-state index in [0.29, 0.717) is 11.3 Å². The van der Waals surface area contributed by atoms with E-state index < -0.39 is 75.8 Å². The van der Waals surface area contributed by atoms with Crippen LogP contribution in [0.25, 0.3) is 5.76 Å². The zero-order chi connectivity index (χ0) is 30.7. The summed E-state index contributed by atoms with van der Waals surface area (Å²) in [5, 5.41) is 48.4. The van der Waals surface area contributed by atoms with Crippen LogP contribution in [0.5, 0.6) is 5.75 Å². The Labute approximate surface area is 236 Å². The summed E-state index contributed by atoms with van der Waals surface area (Å²) in [5.74, 6) is -7.83. The summed E-state index contributed by atoms with van der Waals surface area (Å²) in [4.78, 5) is 54.8. The molecule has 7 N–H and O–H groups in total. The maximum absolute atomic E-state index is 14.0. The van der Waals surface area contributed by atoms with Crippen molar-refractivity contribution in [2.75, 3.05) is 45.0 Å². The molecule has 0 aliphatic heterocycles. The van der Waals surface area contributed by atoms with Crippen molar-refractivity contribution in [3.8, 4) is 5.75 Å². The highest BCUT2D eigenvalue weighted by Gasteiger charge is 2.64. The number of nitrogens with zero attached hydrogens (tertiary/aromatic N) is 2. The Hall–Kier alpha value is -4.10. The minimum Gasteiger partial charge on any atom is -0.508 e. The number of ether oxygens (including phenoxy) is 1. The lowest BCUT2D eigenvalue weighted by molar-refractivity contribution is -0.153. The molecule has 0 radical (unpaired) electrons. The van der Waals surface area contributed by atoms with Crippen molar-refractivity contribution in [3.63, 3.8) is 0 Å². The quantitative estimate of drug-likeness (QED) is 0.149. The van der Waals surface area contributed by atoms with Crippen molar-refractivity contribution in [3.05, 3.63) is 34.1 Å². The fourth-order valence-electron chi connectivity index (χ4n) is 6.36. The molecule has 222 valence electrons. The molecule has 13 heteroatoms. The van der Waals surface area contributed by atoms with Gasteiger partial charge in [0.05, 0.1) is 23.9 Å². The number of nitrogens with one attached hydrogen (secondary N) is 1. The third kappa shape index (κ3) is 4.39. The molecule has 13 nitrogen and oxygen atoms in total. The van der Waals surface area contributed by atoms with Gasteiger partial charge >= 0.3 is 5.97 Å². The van der Waals surface area contributed by atoms with Crippen LogP contribution in [0.3, 0.4) is 0 Å². The maximum Gasteiger partial charge on any atom is 0.328 e. The highest BCUT2D eigenvalue weighted by molar-refractivity contribution is 6.24. The summed E-state index contributed by atoms with van der Waals surface area (Å²) < 4.78 is 5.03. The van der Waals surface area contributed by atoms with Crippen LogP contribution in [0.4, 0.5) is 11.4 Å². The highest BCUT2D eigenvalue weighted by atomic mass is 16.5. The van der Waals surface area contributed by atoms with Crippen LogP contribution < -0.4 is 16.0 Å². The predicted octanol–water partition coefficient (Wildman–Crippen LogP) is 0.394. The van der Waals surface area contributed by atoms with Crippen LogP contribution in [-0.4, -0.2) is 101 Å². The molecule has 0 aromatic heterocycles. The van der Waals surface area contributed by atoms with Crippen molar-refractivity contribution in [1.29, 1.82) is 0 Å². The smallest absolute Gasteiger partial charge is 0.328 e. The number of nitrogens with two attached hydrogens (primary N) is 1. The van der Waals surface area contributed by atoms with Crippen molar-refractivity contribution in [1.82, 2.24) is 4.90 Å². The number of hydrogen-bond acceptors (Lipinski definition) is 12. The molecule has 0 heterocycles. The van der Waals surface area contributed by atoms with Gasteiger partial charge in [-0.25, -0.2) is 4.79 Å². The fourth-order valence-corrected chi connectivity index (χ4v) is 6.36. The minimum absolute atomic E-state index is 0.0146. The second kappa shape index (κ2) is 10.4. The lowest BCUT2D eigenvalue weighted by Crippen LogP contribution is -2.65. The molecule has 1 amide bonds. The van der Waals surface area contributed by atoms with Crippen molar-refractivity contribution < 1.29 is 44.3 Å². The van der Waals surface area contributed by atoms with Crippen LogP contribution >= 0.6 is 0 Å². The second-order valence-electron chi connectivity index (χ2n) is 11.1. The summed E-state index contributed by atoms with van der Waals surface area (Å²) in [5.41, 5.74) is 2.61. The molecular formula is C28H36N4O9. The Bertz CT molecular complexity index is 1410. The number of esters is 1. The number of aromatic hydroxyl groups is 1. The number of hydrogen-bond donors (Lipinski definition) is 6. The van der Waals surface area contributed by atoms with Gasteiger partial charge in [0.2, 0.25) is 5.78 Å². The minimum atomic E-state index is -2.72. The molecule has 1 unspecified atom stereocenters. The Kier molecular flexibility index (Phi) is 7.56. The number of likely N-dealkylation sites (N-methyl/N-ethyl adjacent to an activating group) is 1. The van der Waals surface area contributed by atoms with E-state index in [2.05, 4.69) is 5.32 Å². The largest absolute Gasteiger partial charge is 0.508 e. The van der Waals surface area contributed by atoms with Crippen LogP contribution in [0.15, 0.2) is 23.0 Å². The first-order valence-corrected chi connectivity index (χ1v) is 13.2. The van der Waals surface area contributed by atoms with Crippen LogP contribution in [0, 0.1) is 11.8 Å². The summed E-state index contributed by atoms with van der Waals surface area (Å²) in [6.45, 7) is 3.36. The molecule has 0 saturated heterocycles. The van der Waals surface area contributed by atoms with Gasteiger partial charge in [0.25, 0.3) is 5.91 Å². The first-order chi connectivity index (χ1) is 19.1. The molecule has 0 spiro atoms. The first kappa shape index (κ1) is 29.9. The molecule has 3 aliphatic carbocycles. The number of carbonyl (C=O) groups is 4. The Morgan fingerprint density at radius 2 is 1.83 bits per heavy atom. The normalized spacial score (nSPS) is 26.3. The van der Waals surface area contributed by atoms with Gasteiger partial charge in [-0.1, -0.05) is 0 Å². The molecule has 1 aromatic rings. The molecule has 0 bridgehead atoms. The summed E-state index contributed by atoms with van der Waals surface area (Å²) in [7, 11) is 6.59. The van der Waals surface area contributed by atoms with E-state index in [1.165, 1.54) is 11.8 Å². The first-order valence-electron chi connectivity index (χ1n) is 13.2. The van der Waals surface area contributed by atoms with Gasteiger partial charge in [-0.2, -0.15) is 0 Å². The van der Waals surface area contributed by atoms with Crippen molar-refractivity contribution in [2.45, 2.75) is 44.4 Å². The number of aliphatic hydroxyl groups excluding tert-OH is 2. The molecule has 4 rings (SSSR count). The fraction of sp³-hybridized carbons (Fsp3) is 0.500. The van der Waals surface area contributed by atoms with Gasteiger partial charge < -0.3 is 41.1 Å². The number of amides is 1. The number of primary amides is 1. The number of ketones is 2. The molecule has 1 saturated carbocycles. The third-order valence-corrected chi connectivity index (χ3v) is 8.19. The van der Waals surface area contributed by atoms with Crippen LogP contribution in [0.1, 0.15) is 31.4 Å². The van der Waals surface area contributed by atoms with Gasteiger partial charge in [0, 0.05) is 31.3 Å². The molecule has 1 aromatic carbocycles. The van der Waals surface area contributed by atoms with Gasteiger partial charge in [-0.3, -0.25) is 19.3 Å². The van der Waals surface area contributed by atoms with E-state index in [0.717, 1.165) is 0 Å². The number of phenols is 1. The average Bonchev–Trinajstić information content (AvgIpc) is 2.87. The lowest BCUT2D eigenvalue weighted by atomic mass is 9.57. The molecule has 1 fully saturated rings. The Balaban J connectivity index is 1.93. The number of fused-ring (bicyclic) bond motifs is 3. The number of Topliss-reactive ketones (excluding diaryl/α,β-unsaturated/α-hetero) is 2. The monoisotopic (exact) mass is 572 g/mol. The number of rotatable bonds is 7. The molecule has 41 heavy (non-hydrogen) atoms. The zero-order valence-electron chi connectivity index (χ0n) is 23.8. The number of phenolic OH excluding ortho intramolecular Hbond substituents is 1. The van der Waals surface area contributed by atoms with Gasteiger partial charge in [-0.15, -0.1) is 0 Å². The standard InChI is InChI=1S/C28H36N4O9/c1-7-41-27(39)11(2)30-15-10-16(31(3)4)13-8-12-9-14-20(32(5)6)23(35)19(26(29)38)25(37)28(14,40)24(36)17(12)22(34)18(13)21(15)33/h10-12,14,20,30,33-34,37,40H,7-9H2,1-6H3,(H2,29,38)/t11?,12-,14-,20+,28-/m1/s1. The van der Waals surface area contributed by atoms with Gasteiger partial charge in [0.15, 0.2) is 11.4 Å². The van der Waals surface area contributed by atoms with E-state index in [9.17, 15) is 39.6 Å². The van der Waals surface area contributed by atoms with Gasteiger partial charge in [0.1, 0.15) is 28.9 Å². The molecular weight excluding hydrogens is 536 g/mol. The average molecular weight is 573 g/mol. The summed E-state index contributed by atoms with van der Waals surface area (Å²) in [6.07, 6.45) is 0.128. The van der Waals surface area contributed by atoms with E-state index >= 15 is 0 Å². The maximum atomic E-state index is 14.0. The second-order valence-corrected chi connectivity index (χ2v) is 11.1. The van der Waals surface area contributed by atoms with E-state index in [1.54, 1.807) is 46.1 Å².